The van der Waals surface area contributed by atoms with Crippen molar-refractivity contribution in [2.75, 3.05) is 26.2 Å². The van der Waals surface area contributed by atoms with Gasteiger partial charge in [-0.1, -0.05) is 12.2 Å². The number of amides is 2. The monoisotopic (exact) mass is 288 g/mol. The summed E-state index contributed by atoms with van der Waals surface area (Å²) in [7, 11) is 0. The Morgan fingerprint density at radius 3 is 2.62 bits per heavy atom. The smallest absolute Gasteiger partial charge is 0.227 e. The molecule has 2 amide bonds. The molecule has 0 aromatic carbocycles. The fraction of sp³-hybridized carbons (Fsp3) is 0.765. The Balaban J connectivity index is 1.39. The average Bonchev–Trinajstić information content (AvgIpc) is 2.99. The zero-order valence-corrected chi connectivity index (χ0v) is 12.5. The van der Waals surface area contributed by atoms with E-state index in [1.165, 1.54) is 12.8 Å². The Bertz CT molecular complexity index is 475. The maximum Gasteiger partial charge on any atom is 0.227 e. The summed E-state index contributed by atoms with van der Waals surface area (Å²) in [5, 5.41) is 0. The van der Waals surface area contributed by atoms with Gasteiger partial charge < -0.3 is 9.80 Å². The highest BCUT2D eigenvalue weighted by Crippen LogP contribution is 2.36. The average molecular weight is 288 g/mol. The van der Waals surface area contributed by atoms with Crippen LogP contribution in [0.15, 0.2) is 12.2 Å². The third kappa shape index (κ3) is 2.49. The maximum atomic E-state index is 12.6. The fourth-order valence-corrected chi connectivity index (χ4v) is 4.16. The Morgan fingerprint density at radius 1 is 1.14 bits per heavy atom. The molecule has 2 unspecified atom stereocenters. The summed E-state index contributed by atoms with van der Waals surface area (Å²) < 4.78 is 0. The van der Waals surface area contributed by atoms with Crippen LogP contribution in [-0.2, 0) is 9.59 Å². The quantitative estimate of drug-likeness (QED) is 0.741. The van der Waals surface area contributed by atoms with Crippen LogP contribution in [0.2, 0.25) is 0 Å². The van der Waals surface area contributed by atoms with Gasteiger partial charge in [-0.05, 0) is 43.9 Å². The van der Waals surface area contributed by atoms with Crippen molar-refractivity contribution >= 4 is 11.8 Å². The largest absolute Gasteiger partial charge is 0.342 e. The first-order valence-corrected chi connectivity index (χ1v) is 8.45. The molecule has 0 radical (unpaired) electrons. The number of nitrogens with zero attached hydrogens (tertiary/aromatic N) is 2. The predicted octanol–water partition coefficient (Wildman–Crippen LogP) is 1.67. The number of carbonyl (C=O) groups is 2. The number of hydrogen-bond acceptors (Lipinski definition) is 2. The third-order valence-electron chi connectivity index (χ3n) is 5.68. The van der Waals surface area contributed by atoms with Crippen molar-refractivity contribution in [3.63, 3.8) is 0 Å². The highest BCUT2D eigenvalue weighted by atomic mass is 16.2. The van der Waals surface area contributed by atoms with Crippen LogP contribution in [0.1, 0.15) is 32.1 Å². The van der Waals surface area contributed by atoms with E-state index >= 15 is 0 Å². The van der Waals surface area contributed by atoms with Gasteiger partial charge in [-0.25, -0.2) is 0 Å². The standard InChI is InChI=1S/C17H24N2O2/c20-16(13-3-1-2-4-13)19-10-14-7-8-18(9-12-5-6-12)17(21)15(14)11-19/h1-2,12-15H,3-11H2. The second kappa shape index (κ2) is 5.15. The second-order valence-electron chi connectivity index (χ2n) is 7.27. The minimum Gasteiger partial charge on any atom is -0.342 e. The van der Waals surface area contributed by atoms with Crippen molar-refractivity contribution in [1.82, 2.24) is 9.80 Å². The Morgan fingerprint density at radius 2 is 1.90 bits per heavy atom. The summed E-state index contributed by atoms with van der Waals surface area (Å²) in [4.78, 5) is 29.2. The molecule has 2 atom stereocenters. The van der Waals surface area contributed by atoms with Crippen LogP contribution in [0, 0.1) is 23.7 Å². The molecule has 4 rings (SSSR count). The number of piperidine rings is 1. The Kier molecular flexibility index (Phi) is 3.27. The van der Waals surface area contributed by atoms with Crippen molar-refractivity contribution in [2.45, 2.75) is 32.1 Å². The van der Waals surface area contributed by atoms with Gasteiger partial charge in [-0.2, -0.15) is 0 Å². The SMILES string of the molecule is O=C(C1CC=CC1)N1CC2CCN(CC3CC3)C(=O)C2C1. The third-order valence-corrected chi connectivity index (χ3v) is 5.68. The normalized spacial score (nSPS) is 32.9. The van der Waals surface area contributed by atoms with Crippen LogP contribution in [0.5, 0.6) is 0 Å². The molecule has 114 valence electrons. The number of rotatable bonds is 3. The Hall–Kier alpha value is -1.32. The van der Waals surface area contributed by atoms with Crippen molar-refractivity contribution in [2.24, 2.45) is 23.7 Å². The molecule has 3 fully saturated rings. The predicted molar refractivity (Wildman–Crippen MR) is 79.3 cm³/mol. The minimum absolute atomic E-state index is 0.0795. The molecule has 0 N–H and O–H groups in total. The molecule has 4 aliphatic rings. The summed E-state index contributed by atoms with van der Waals surface area (Å²) in [5.41, 5.74) is 0. The van der Waals surface area contributed by atoms with Crippen LogP contribution in [-0.4, -0.2) is 47.8 Å². The molecule has 4 nitrogen and oxygen atoms in total. The van der Waals surface area contributed by atoms with Crippen LogP contribution >= 0.6 is 0 Å². The molecule has 2 aliphatic carbocycles. The van der Waals surface area contributed by atoms with Crippen LogP contribution in [0.3, 0.4) is 0 Å². The van der Waals surface area contributed by atoms with Gasteiger partial charge in [-0.3, -0.25) is 9.59 Å². The van der Waals surface area contributed by atoms with E-state index < -0.39 is 0 Å². The molecular formula is C17H24N2O2. The molecule has 0 bridgehead atoms. The van der Waals surface area contributed by atoms with Gasteiger partial charge in [0.05, 0.1) is 5.92 Å². The molecule has 4 heteroatoms. The number of carbonyl (C=O) groups excluding carboxylic acids is 2. The van der Waals surface area contributed by atoms with E-state index in [2.05, 4.69) is 17.1 Å². The lowest BCUT2D eigenvalue weighted by atomic mass is 9.88. The van der Waals surface area contributed by atoms with E-state index in [1.807, 2.05) is 4.90 Å². The molecule has 2 aliphatic heterocycles. The van der Waals surface area contributed by atoms with Crippen LogP contribution < -0.4 is 0 Å². The lowest BCUT2D eigenvalue weighted by molar-refractivity contribution is -0.140. The lowest BCUT2D eigenvalue weighted by Gasteiger charge is -2.33. The number of fused-ring (bicyclic) bond motifs is 1. The maximum absolute atomic E-state index is 12.6. The van der Waals surface area contributed by atoms with E-state index in [4.69, 9.17) is 0 Å². The molecule has 1 saturated carbocycles. The summed E-state index contributed by atoms with van der Waals surface area (Å²) in [6, 6.07) is 0. The zero-order valence-electron chi connectivity index (χ0n) is 12.5. The first kappa shape index (κ1) is 13.4. The first-order chi connectivity index (χ1) is 10.2. The molecule has 0 aromatic heterocycles. The van der Waals surface area contributed by atoms with Gasteiger partial charge in [0, 0.05) is 32.1 Å². The summed E-state index contributed by atoms with van der Waals surface area (Å²) in [6.07, 6.45) is 9.63. The molecule has 21 heavy (non-hydrogen) atoms. The van der Waals surface area contributed by atoms with Gasteiger partial charge in [0.25, 0.3) is 0 Å². The van der Waals surface area contributed by atoms with E-state index in [9.17, 15) is 9.59 Å². The summed E-state index contributed by atoms with van der Waals surface area (Å²) in [5.74, 6) is 1.98. The summed E-state index contributed by atoms with van der Waals surface area (Å²) >= 11 is 0. The molecule has 0 spiro atoms. The molecular weight excluding hydrogens is 264 g/mol. The minimum atomic E-state index is 0.0795. The van der Waals surface area contributed by atoms with E-state index in [1.54, 1.807) is 0 Å². The summed E-state index contributed by atoms with van der Waals surface area (Å²) in [6.45, 7) is 3.34. The topological polar surface area (TPSA) is 40.6 Å². The van der Waals surface area contributed by atoms with Crippen molar-refractivity contribution < 1.29 is 9.59 Å². The van der Waals surface area contributed by atoms with Crippen molar-refractivity contribution in [3.05, 3.63) is 12.2 Å². The van der Waals surface area contributed by atoms with Gasteiger partial charge in [0.15, 0.2) is 0 Å². The van der Waals surface area contributed by atoms with E-state index in [0.29, 0.717) is 18.4 Å². The van der Waals surface area contributed by atoms with Gasteiger partial charge in [-0.15, -0.1) is 0 Å². The van der Waals surface area contributed by atoms with Crippen LogP contribution in [0.25, 0.3) is 0 Å². The number of hydrogen-bond donors (Lipinski definition) is 0. The highest BCUT2D eigenvalue weighted by Gasteiger charge is 2.45. The molecule has 2 saturated heterocycles. The molecule has 2 heterocycles. The zero-order chi connectivity index (χ0) is 14.4. The van der Waals surface area contributed by atoms with E-state index in [-0.39, 0.29) is 17.7 Å². The fourth-order valence-electron chi connectivity index (χ4n) is 4.16. The van der Waals surface area contributed by atoms with E-state index in [0.717, 1.165) is 44.8 Å². The van der Waals surface area contributed by atoms with Gasteiger partial charge in [0.1, 0.15) is 0 Å². The van der Waals surface area contributed by atoms with Crippen LogP contribution in [0.4, 0.5) is 0 Å². The van der Waals surface area contributed by atoms with Gasteiger partial charge in [0.2, 0.25) is 11.8 Å². The Labute approximate surface area is 126 Å². The number of allylic oxidation sites excluding steroid dienone is 2. The molecule has 0 aromatic rings. The lowest BCUT2D eigenvalue weighted by Crippen LogP contribution is -2.46. The highest BCUT2D eigenvalue weighted by molar-refractivity contribution is 5.84. The van der Waals surface area contributed by atoms with Crippen molar-refractivity contribution in [3.8, 4) is 0 Å². The first-order valence-electron chi connectivity index (χ1n) is 8.45. The second-order valence-corrected chi connectivity index (χ2v) is 7.27. The van der Waals surface area contributed by atoms with Crippen molar-refractivity contribution in [1.29, 1.82) is 0 Å². The number of likely N-dealkylation sites (tertiary alicyclic amines) is 2. The van der Waals surface area contributed by atoms with Gasteiger partial charge >= 0.3 is 0 Å².